The second-order valence-corrected chi connectivity index (χ2v) is 3.55. The van der Waals surface area contributed by atoms with Crippen LogP contribution in [0.3, 0.4) is 0 Å². The number of ether oxygens (including phenoxy) is 1. The van der Waals surface area contributed by atoms with E-state index in [2.05, 4.69) is 26.1 Å². The van der Waals surface area contributed by atoms with Gasteiger partial charge in [-0.15, -0.1) is 0 Å². The van der Waals surface area contributed by atoms with Gasteiger partial charge in [0.25, 0.3) is 0 Å². The molecule has 2 unspecified atom stereocenters. The zero-order chi connectivity index (χ0) is 10.1. The van der Waals surface area contributed by atoms with Crippen LogP contribution in [0.4, 0.5) is 0 Å². The predicted octanol–water partition coefficient (Wildman–Crippen LogP) is 2.58. The van der Waals surface area contributed by atoms with E-state index < -0.39 is 0 Å². The first-order valence-electron chi connectivity index (χ1n) is 5.55. The molecule has 0 fully saturated rings. The lowest BCUT2D eigenvalue weighted by molar-refractivity contribution is 0.0466. The molecule has 0 saturated carbocycles. The molecule has 0 aliphatic carbocycles. The van der Waals surface area contributed by atoms with Gasteiger partial charge >= 0.3 is 0 Å². The van der Waals surface area contributed by atoms with Crippen LogP contribution in [0.5, 0.6) is 0 Å². The van der Waals surface area contributed by atoms with Gasteiger partial charge in [0.05, 0.1) is 6.10 Å². The van der Waals surface area contributed by atoms with Crippen molar-refractivity contribution in [2.75, 3.05) is 13.7 Å². The molecule has 0 aromatic carbocycles. The van der Waals surface area contributed by atoms with Gasteiger partial charge in [-0.1, -0.05) is 26.2 Å². The number of likely N-dealkylation sites (N-methyl/N-ethyl adjacent to an activating group) is 1. The van der Waals surface area contributed by atoms with E-state index in [9.17, 15) is 0 Å². The van der Waals surface area contributed by atoms with Crippen molar-refractivity contribution in [3.8, 4) is 0 Å². The summed E-state index contributed by atoms with van der Waals surface area (Å²) >= 11 is 0. The van der Waals surface area contributed by atoms with E-state index in [1.165, 1.54) is 25.7 Å². The van der Waals surface area contributed by atoms with Crippen molar-refractivity contribution in [1.82, 2.24) is 5.32 Å². The summed E-state index contributed by atoms with van der Waals surface area (Å²) in [6, 6.07) is 0.520. The molecule has 80 valence electrons. The van der Waals surface area contributed by atoms with E-state index in [1.54, 1.807) is 0 Å². The standard InChI is InChI=1S/C11H25NO/c1-5-7-8-9-11(12-4)10(3)13-6-2/h10-12H,5-9H2,1-4H3. The number of hydrogen-bond acceptors (Lipinski definition) is 2. The van der Waals surface area contributed by atoms with Gasteiger partial charge in [-0.3, -0.25) is 0 Å². The second-order valence-electron chi connectivity index (χ2n) is 3.55. The first-order chi connectivity index (χ1) is 6.26. The van der Waals surface area contributed by atoms with Gasteiger partial charge in [0.2, 0.25) is 0 Å². The Hall–Kier alpha value is -0.0800. The quantitative estimate of drug-likeness (QED) is 0.590. The van der Waals surface area contributed by atoms with Crippen LogP contribution in [0.15, 0.2) is 0 Å². The topological polar surface area (TPSA) is 21.3 Å². The minimum absolute atomic E-state index is 0.340. The van der Waals surface area contributed by atoms with Crippen LogP contribution in [0.1, 0.15) is 46.5 Å². The Kier molecular flexibility index (Phi) is 8.46. The number of hydrogen-bond donors (Lipinski definition) is 1. The van der Waals surface area contributed by atoms with E-state index in [1.807, 2.05) is 7.05 Å². The molecule has 0 bridgehead atoms. The van der Waals surface area contributed by atoms with Gasteiger partial charge < -0.3 is 10.1 Å². The molecule has 13 heavy (non-hydrogen) atoms. The average molecular weight is 187 g/mol. The summed E-state index contributed by atoms with van der Waals surface area (Å²) in [5.41, 5.74) is 0. The highest BCUT2D eigenvalue weighted by Crippen LogP contribution is 2.08. The predicted molar refractivity (Wildman–Crippen MR) is 58.1 cm³/mol. The summed E-state index contributed by atoms with van der Waals surface area (Å²) in [5, 5.41) is 3.32. The highest BCUT2D eigenvalue weighted by atomic mass is 16.5. The lowest BCUT2D eigenvalue weighted by atomic mass is 10.0. The summed E-state index contributed by atoms with van der Waals surface area (Å²) in [4.78, 5) is 0. The van der Waals surface area contributed by atoms with Gasteiger partial charge in [0, 0.05) is 12.6 Å². The molecule has 2 heteroatoms. The van der Waals surface area contributed by atoms with Gasteiger partial charge in [-0.2, -0.15) is 0 Å². The normalized spacial score (nSPS) is 15.7. The molecule has 0 spiro atoms. The molecule has 0 aliphatic rings. The van der Waals surface area contributed by atoms with Crippen LogP contribution in [0.25, 0.3) is 0 Å². The van der Waals surface area contributed by atoms with Gasteiger partial charge in [-0.05, 0) is 27.3 Å². The van der Waals surface area contributed by atoms with Crippen molar-refractivity contribution in [3.63, 3.8) is 0 Å². The molecule has 0 heterocycles. The van der Waals surface area contributed by atoms with Gasteiger partial charge in [0.15, 0.2) is 0 Å². The molecule has 0 amide bonds. The van der Waals surface area contributed by atoms with Crippen molar-refractivity contribution in [2.45, 2.75) is 58.6 Å². The lowest BCUT2D eigenvalue weighted by Gasteiger charge is -2.23. The molecular formula is C11H25NO. The van der Waals surface area contributed by atoms with E-state index in [0.717, 1.165) is 6.61 Å². The fourth-order valence-corrected chi connectivity index (χ4v) is 1.61. The lowest BCUT2D eigenvalue weighted by Crippen LogP contribution is -2.37. The molecule has 0 aromatic heterocycles. The maximum absolute atomic E-state index is 5.56. The first-order valence-corrected chi connectivity index (χ1v) is 5.55. The zero-order valence-electron chi connectivity index (χ0n) is 9.60. The van der Waals surface area contributed by atoms with E-state index >= 15 is 0 Å². The number of unbranched alkanes of at least 4 members (excludes halogenated alkanes) is 2. The first kappa shape index (κ1) is 12.9. The molecule has 0 saturated heterocycles. The third-order valence-electron chi connectivity index (χ3n) is 2.49. The molecule has 0 rings (SSSR count). The summed E-state index contributed by atoms with van der Waals surface area (Å²) in [6.45, 7) is 7.25. The van der Waals surface area contributed by atoms with Crippen LogP contribution in [-0.2, 0) is 4.74 Å². The van der Waals surface area contributed by atoms with E-state index in [4.69, 9.17) is 4.74 Å². The Morgan fingerprint density at radius 3 is 2.38 bits per heavy atom. The SMILES string of the molecule is CCCCCC(NC)C(C)OCC. The fourth-order valence-electron chi connectivity index (χ4n) is 1.61. The van der Waals surface area contributed by atoms with Crippen molar-refractivity contribution < 1.29 is 4.74 Å². The van der Waals surface area contributed by atoms with Crippen LogP contribution < -0.4 is 5.32 Å². The Morgan fingerprint density at radius 1 is 1.23 bits per heavy atom. The highest BCUT2D eigenvalue weighted by molar-refractivity contribution is 4.71. The fraction of sp³-hybridized carbons (Fsp3) is 1.00. The highest BCUT2D eigenvalue weighted by Gasteiger charge is 2.14. The third-order valence-corrected chi connectivity index (χ3v) is 2.49. The van der Waals surface area contributed by atoms with Crippen molar-refractivity contribution in [2.24, 2.45) is 0 Å². The molecule has 0 radical (unpaired) electrons. The Balaban J connectivity index is 3.60. The number of rotatable bonds is 8. The summed E-state index contributed by atoms with van der Waals surface area (Å²) in [7, 11) is 2.02. The molecule has 0 aromatic rings. The summed E-state index contributed by atoms with van der Waals surface area (Å²) in [6.07, 6.45) is 5.49. The maximum Gasteiger partial charge on any atom is 0.0699 e. The van der Waals surface area contributed by atoms with Crippen molar-refractivity contribution in [1.29, 1.82) is 0 Å². The van der Waals surface area contributed by atoms with Crippen molar-refractivity contribution in [3.05, 3.63) is 0 Å². The Labute approximate surface area is 83.1 Å². The summed E-state index contributed by atoms with van der Waals surface area (Å²) in [5.74, 6) is 0. The van der Waals surface area contributed by atoms with Crippen LogP contribution in [0, 0.1) is 0 Å². The largest absolute Gasteiger partial charge is 0.377 e. The molecule has 2 nitrogen and oxygen atoms in total. The Morgan fingerprint density at radius 2 is 1.92 bits per heavy atom. The minimum Gasteiger partial charge on any atom is -0.377 e. The van der Waals surface area contributed by atoms with Gasteiger partial charge in [0.1, 0.15) is 0 Å². The van der Waals surface area contributed by atoms with Crippen LogP contribution >= 0.6 is 0 Å². The molecular weight excluding hydrogens is 162 g/mol. The molecule has 1 N–H and O–H groups in total. The molecule has 2 atom stereocenters. The van der Waals surface area contributed by atoms with Crippen molar-refractivity contribution >= 4 is 0 Å². The minimum atomic E-state index is 0.340. The van der Waals surface area contributed by atoms with Crippen LogP contribution in [0.2, 0.25) is 0 Å². The van der Waals surface area contributed by atoms with Crippen LogP contribution in [-0.4, -0.2) is 25.8 Å². The van der Waals surface area contributed by atoms with Gasteiger partial charge in [-0.25, -0.2) is 0 Å². The molecule has 0 aliphatic heterocycles. The van der Waals surface area contributed by atoms with E-state index in [0.29, 0.717) is 12.1 Å². The zero-order valence-corrected chi connectivity index (χ0v) is 9.60. The smallest absolute Gasteiger partial charge is 0.0699 e. The average Bonchev–Trinajstić information content (AvgIpc) is 2.13. The maximum atomic E-state index is 5.56. The monoisotopic (exact) mass is 187 g/mol. The van der Waals surface area contributed by atoms with E-state index in [-0.39, 0.29) is 0 Å². The summed E-state index contributed by atoms with van der Waals surface area (Å²) < 4.78 is 5.56. The Bertz CT molecular complexity index is 106. The second kappa shape index (κ2) is 8.52. The number of nitrogens with one attached hydrogen (secondary N) is 1. The third kappa shape index (κ3) is 6.05.